The molecule has 2 aromatic carbocycles. The fourth-order valence-corrected chi connectivity index (χ4v) is 4.96. The number of methoxy groups -OCH3 is 2. The van der Waals surface area contributed by atoms with Crippen LogP contribution in [0.2, 0.25) is 0 Å². The molecule has 0 aliphatic carbocycles. The summed E-state index contributed by atoms with van der Waals surface area (Å²) >= 11 is 1.76. The van der Waals surface area contributed by atoms with Gasteiger partial charge in [-0.05, 0) is 30.7 Å². The van der Waals surface area contributed by atoms with Crippen LogP contribution in [0.5, 0.6) is 11.5 Å². The second kappa shape index (κ2) is 9.53. The highest BCUT2D eigenvalue weighted by Gasteiger charge is 2.21. The van der Waals surface area contributed by atoms with Gasteiger partial charge in [-0.3, -0.25) is 9.69 Å². The zero-order valence-corrected chi connectivity index (χ0v) is 19.0. The smallest absolute Gasteiger partial charge is 0.255 e. The highest BCUT2D eigenvalue weighted by atomic mass is 32.1. The quantitative estimate of drug-likeness (QED) is 0.609. The van der Waals surface area contributed by atoms with Crippen LogP contribution in [0.25, 0.3) is 10.2 Å². The lowest BCUT2D eigenvalue weighted by Gasteiger charge is -2.34. The van der Waals surface area contributed by atoms with Crippen LogP contribution in [0.3, 0.4) is 0 Å². The first-order valence-electron chi connectivity index (χ1n) is 10.4. The largest absolute Gasteiger partial charge is 0.493 e. The van der Waals surface area contributed by atoms with E-state index in [0.717, 1.165) is 43.4 Å². The molecule has 0 radical (unpaired) electrons. The maximum Gasteiger partial charge on any atom is 0.255 e. The molecule has 31 heavy (non-hydrogen) atoms. The van der Waals surface area contributed by atoms with Crippen molar-refractivity contribution in [2.75, 3.05) is 58.4 Å². The monoisotopic (exact) mass is 440 g/mol. The number of carbonyl (C=O) groups excluding carboxylic acids is 1. The predicted octanol–water partition coefficient (Wildman–Crippen LogP) is 3.17. The van der Waals surface area contributed by atoms with Crippen LogP contribution in [0.4, 0.5) is 5.13 Å². The first kappa shape index (κ1) is 21.4. The van der Waals surface area contributed by atoms with Gasteiger partial charge in [0, 0.05) is 39.3 Å². The SMILES string of the molecule is COc1cccc(C(=O)NCCN2CCN(c3nc4c(C)cccc4s3)CC2)c1OC. The first-order valence-corrected chi connectivity index (χ1v) is 11.2. The number of anilines is 1. The Balaban J connectivity index is 1.28. The number of ether oxygens (including phenoxy) is 2. The zero-order chi connectivity index (χ0) is 21.8. The van der Waals surface area contributed by atoms with E-state index in [0.29, 0.717) is 23.6 Å². The van der Waals surface area contributed by atoms with E-state index in [2.05, 4.69) is 40.2 Å². The number of thiazole rings is 1. The van der Waals surface area contributed by atoms with Crippen LogP contribution < -0.4 is 19.7 Å². The van der Waals surface area contributed by atoms with Crippen LogP contribution in [-0.2, 0) is 0 Å². The molecule has 3 aromatic rings. The Hall–Kier alpha value is -2.84. The molecule has 1 aromatic heterocycles. The number of hydrogen-bond acceptors (Lipinski definition) is 7. The van der Waals surface area contributed by atoms with Crippen molar-refractivity contribution >= 4 is 32.6 Å². The first-order chi connectivity index (χ1) is 15.1. The fraction of sp³-hybridized carbons (Fsp3) is 0.391. The van der Waals surface area contributed by atoms with E-state index in [1.165, 1.54) is 10.3 Å². The maximum absolute atomic E-state index is 12.6. The molecule has 1 saturated heterocycles. The molecule has 2 heterocycles. The van der Waals surface area contributed by atoms with Crippen LogP contribution >= 0.6 is 11.3 Å². The number of carbonyl (C=O) groups is 1. The van der Waals surface area contributed by atoms with E-state index in [9.17, 15) is 4.79 Å². The summed E-state index contributed by atoms with van der Waals surface area (Å²) in [6.45, 7) is 7.29. The molecule has 1 aliphatic heterocycles. The lowest BCUT2D eigenvalue weighted by molar-refractivity contribution is 0.0944. The molecule has 0 unspecified atom stereocenters. The Kier molecular flexibility index (Phi) is 6.58. The van der Waals surface area contributed by atoms with Crippen LogP contribution in [0, 0.1) is 6.92 Å². The molecule has 0 bridgehead atoms. The van der Waals surface area contributed by atoms with Crippen molar-refractivity contribution in [2.24, 2.45) is 0 Å². The van der Waals surface area contributed by atoms with Gasteiger partial charge in [0.2, 0.25) is 0 Å². The molecule has 8 heteroatoms. The number of aromatic nitrogens is 1. The minimum Gasteiger partial charge on any atom is -0.493 e. The van der Waals surface area contributed by atoms with E-state index >= 15 is 0 Å². The lowest BCUT2D eigenvalue weighted by atomic mass is 10.1. The molecule has 0 saturated carbocycles. The number of hydrogen-bond donors (Lipinski definition) is 1. The molecule has 1 N–H and O–H groups in total. The molecule has 1 aliphatic rings. The summed E-state index contributed by atoms with van der Waals surface area (Å²) in [4.78, 5) is 22.2. The van der Waals surface area contributed by atoms with Gasteiger partial charge < -0.3 is 19.7 Å². The Morgan fingerprint density at radius 3 is 2.58 bits per heavy atom. The number of nitrogens with one attached hydrogen (secondary N) is 1. The van der Waals surface area contributed by atoms with Gasteiger partial charge in [0.05, 0.1) is 30.0 Å². The van der Waals surface area contributed by atoms with E-state index in [1.54, 1.807) is 43.8 Å². The Bertz CT molecular complexity index is 1060. The zero-order valence-electron chi connectivity index (χ0n) is 18.2. The Labute approximate surface area is 186 Å². The summed E-state index contributed by atoms with van der Waals surface area (Å²) < 4.78 is 11.9. The summed E-state index contributed by atoms with van der Waals surface area (Å²) in [6, 6.07) is 11.7. The average Bonchev–Trinajstić information content (AvgIpc) is 3.24. The van der Waals surface area contributed by atoms with Crippen molar-refractivity contribution in [2.45, 2.75) is 6.92 Å². The summed E-state index contributed by atoms with van der Waals surface area (Å²) in [5.74, 6) is 0.859. The number of nitrogens with zero attached hydrogens (tertiary/aromatic N) is 3. The van der Waals surface area contributed by atoms with Crippen molar-refractivity contribution in [3.05, 3.63) is 47.5 Å². The van der Waals surface area contributed by atoms with Gasteiger partial charge in [0.15, 0.2) is 16.6 Å². The number of fused-ring (bicyclic) bond motifs is 1. The van der Waals surface area contributed by atoms with E-state index in [-0.39, 0.29) is 5.91 Å². The Morgan fingerprint density at radius 1 is 1.10 bits per heavy atom. The van der Waals surface area contributed by atoms with Gasteiger partial charge in [-0.1, -0.05) is 29.5 Å². The molecule has 7 nitrogen and oxygen atoms in total. The molecular weight excluding hydrogens is 412 g/mol. The van der Waals surface area contributed by atoms with Gasteiger partial charge in [0.25, 0.3) is 5.91 Å². The molecular formula is C23H28N4O3S. The third-order valence-corrected chi connectivity index (χ3v) is 6.69. The number of piperazine rings is 1. The number of benzene rings is 2. The number of amides is 1. The maximum atomic E-state index is 12.6. The fourth-order valence-electron chi connectivity index (χ4n) is 3.86. The summed E-state index contributed by atoms with van der Waals surface area (Å²) in [5, 5.41) is 4.10. The molecule has 1 amide bonds. The average molecular weight is 441 g/mol. The van der Waals surface area contributed by atoms with E-state index in [1.807, 2.05) is 0 Å². The summed E-state index contributed by atoms with van der Waals surface area (Å²) in [5.41, 5.74) is 2.82. The van der Waals surface area contributed by atoms with Gasteiger partial charge >= 0.3 is 0 Å². The number of para-hydroxylation sites is 2. The standard InChI is InChI=1S/C23H28N4O3S/c1-16-6-4-9-19-20(16)25-23(31-19)27-14-12-26(13-15-27)11-10-24-22(28)17-7-5-8-18(29-2)21(17)30-3/h4-9H,10-15H2,1-3H3,(H,24,28). The second-order valence-electron chi connectivity index (χ2n) is 7.54. The van der Waals surface area contributed by atoms with Crippen molar-refractivity contribution in [3.8, 4) is 11.5 Å². The lowest BCUT2D eigenvalue weighted by Crippen LogP contribution is -2.48. The van der Waals surface area contributed by atoms with Gasteiger partial charge in [-0.15, -0.1) is 0 Å². The van der Waals surface area contributed by atoms with Gasteiger partial charge in [-0.2, -0.15) is 0 Å². The molecule has 164 valence electrons. The molecule has 1 fully saturated rings. The second-order valence-corrected chi connectivity index (χ2v) is 8.55. The summed E-state index contributed by atoms with van der Waals surface area (Å²) in [7, 11) is 3.11. The number of aryl methyl sites for hydroxylation is 1. The molecule has 0 spiro atoms. The van der Waals surface area contributed by atoms with Crippen molar-refractivity contribution in [1.29, 1.82) is 0 Å². The minimum atomic E-state index is -0.153. The predicted molar refractivity (Wildman–Crippen MR) is 125 cm³/mol. The highest BCUT2D eigenvalue weighted by molar-refractivity contribution is 7.22. The normalized spacial score (nSPS) is 14.6. The van der Waals surface area contributed by atoms with Crippen LogP contribution in [0.1, 0.15) is 15.9 Å². The van der Waals surface area contributed by atoms with Gasteiger partial charge in [-0.25, -0.2) is 4.98 Å². The van der Waals surface area contributed by atoms with Crippen molar-refractivity contribution in [1.82, 2.24) is 15.2 Å². The molecule has 0 atom stereocenters. The minimum absolute atomic E-state index is 0.153. The van der Waals surface area contributed by atoms with Crippen LogP contribution in [-0.4, -0.2) is 69.3 Å². The summed E-state index contributed by atoms with van der Waals surface area (Å²) in [6.07, 6.45) is 0. The van der Waals surface area contributed by atoms with Crippen molar-refractivity contribution < 1.29 is 14.3 Å². The topological polar surface area (TPSA) is 66.9 Å². The number of rotatable bonds is 7. The third-order valence-electron chi connectivity index (χ3n) is 5.61. The van der Waals surface area contributed by atoms with E-state index < -0.39 is 0 Å². The third kappa shape index (κ3) is 4.60. The molecule has 4 rings (SSSR count). The highest BCUT2D eigenvalue weighted by Crippen LogP contribution is 2.31. The van der Waals surface area contributed by atoms with Gasteiger partial charge in [0.1, 0.15) is 0 Å². The van der Waals surface area contributed by atoms with Crippen LogP contribution in [0.15, 0.2) is 36.4 Å². The Morgan fingerprint density at radius 2 is 1.87 bits per heavy atom. The van der Waals surface area contributed by atoms with E-state index in [4.69, 9.17) is 14.5 Å². The van der Waals surface area contributed by atoms with Crippen molar-refractivity contribution in [3.63, 3.8) is 0 Å².